The first-order chi connectivity index (χ1) is 16.1. The zero-order valence-electron chi connectivity index (χ0n) is 16.6. The Morgan fingerprint density at radius 3 is 0.706 bits per heavy atom. The molecule has 0 aliphatic carbocycles. The zero-order chi connectivity index (χ0) is 25.2. The molecule has 0 aliphatic rings. The summed E-state index contributed by atoms with van der Waals surface area (Å²) >= 11 is 0. The maximum absolute atomic E-state index is 13.4. The second-order valence-electron chi connectivity index (χ2n) is 6.62. The van der Waals surface area contributed by atoms with Crippen LogP contribution in [0, 0.1) is 58.2 Å². The van der Waals surface area contributed by atoms with Crippen LogP contribution in [0.25, 0.3) is 22.3 Å². The highest BCUT2D eigenvalue weighted by atomic mass is 19.2. The Morgan fingerprint density at radius 1 is 0.265 bits per heavy atom. The first-order valence-corrected chi connectivity index (χ1v) is 9.21. The monoisotopic (exact) mass is 488 g/mol. The molecular formula is C24H10F10. The van der Waals surface area contributed by atoms with Crippen LogP contribution in [0.15, 0.2) is 60.7 Å². The molecule has 0 nitrogen and oxygen atoms in total. The molecule has 0 aliphatic heterocycles. The number of hydrogen-bond donors (Lipinski definition) is 0. The van der Waals surface area contributed by atoms with Crippen LogP contribution in [0.5, 0.6) is 0 Å². The average molecular weight is 488 g/mol. The molecule has 0 bridgehead atoms. The third-order valence-corrected chi connectivity index (χ3v) is 4.55. The number of halogens is 10. The quantitative estimate of drug-likeness (QED) is 0.152. The minimum absolute atomic E-state index is 1.28. The molecule has 10 heteroatoms. The van der Waals surface area contributed by atoms with Crippen molar-refractivity contribution in [2.75, 3.05) is 0 Å². The van der Waals surface area contributed by atoms with Crippen LogP contribution in [0.1, 0.15) is 0 Å². The fourth-order valence-corrected chi connectivity index (χ4v) is 2.91. The fourth-order valence-electron chi connectivity index (χ4n) is 2.91. The molecule has 0 unspecified atom stereocenters. The number of benzene rings is 4. The lowest BCUT2D eigenvalue weighted by Crippen LogP contribution is -2.10. The minimum Gasteiger partial charge on any atom is -0.203 e. The van der Waals surface area contributed by atoms with E-state index in [0.717, 1.165) is 0 Å². The van der Waals surface area contributed by atoms with Gasteiger partial charge in [-0.3, -0.25) is 0 Å². The lowest BCUT2D eigenvalue weighted by atomic mass is 10.0. The maximum atomic E-state index is 13.4. The highest BCUT2D eigenvalue weighted by Crippen LogP contribution is 2.37. The topological polar surface area (TPSA) is 0 Å². The Bertz CT molecular complexity index is 1170. The average Bonchev–Trinajstić information content (AvgIpc) is 2.87. The first kappa shape index (κ1) is 24.8. The van der Waals surface area contributed by atoms with E-state index in [0.29, 0.717) is 0 Å². The third kappa shape index (κ3) is 4.48. The number of hydrogen-bond acceptors (Lipinski definition) is 0. The molecule has 0 saturated heterocycles. The van der Waals surface area contributed by atoms with Crippen LogP contribution < -0.4 is 0 Å². The molecule has 0 spiro atoms. The maximum Gasteiger partial charge on any atom is 0.200 e. The summed E-state index contributed by atoms with van der Waals surface area (Å²) in [5.74, 6) is -26.6. The van der Waals surface area contributed by atoms with Gasteiger partial charge < -0.3 is 0 Å². The van der Waals surface area contributed by atoms with E-state index in [9.17, 15) is 43.9 Å². The molecule has 34 heavy (non-hydrogen) atoms. The molecule has 0 aromatic heterocycles. The minimum atomic E-state index is -2.68. The van der Waals surface area contributed by atoms with Crippen molar-refractivity contribution in [3.8, 4) is 22.3 Å². The smallest absolute Gasteiger partial charge is 0.200 e. The fraction of sp³-hybridized carbons (Fsp3) is 0. The first-order valence-electron chi connectivity index (χ1n) is 9.21. The Hall–Kier alpha value is -3.82. The van der Waals surface area contributed by atoms with Crippen LogP contribution >= 0.6 is 0 Å². The molecule has 0 N–H and O–H groups in total. The molecular weight excluding hydrogens is 478 g/mol. The summed E-state index contributed by atoms with van der Waals surface area (Å²) in [4.78, 5) is 0. The summed E-state index contributed by atoms with van der Waals surface area (Å²) in [7, 11) is 0. The van der Waals surface area contributed by atoms with E-state index in [2.05, 4.69) is 48.5 Å². The van der Waals surface area contributed by atoms with E-state index in [-0.39, 0.29) is 0 Å². The zero-order valence-corrected chi connectivity index (χ0v) is 16.6. The summed E-state index contributed by atoms with van der Waals surface area (Å²) in [5.41, 5.74) is -1.97. The predicted octanol–water partition coefficient (Wildman–Crippen LogP) is 8.10. The van der Waals surface area contributed by atoms with E-state index in [4.69, 9.17) is 0 Å². The van der Waals surface area contributed by atoms with Crippen LogP contribution in [-0.2, 0) is 0 Å². The van der Waals surface area contributed by atoms with Crippen LogP contribution in [-0.4, -0.2) is 0 Å². The largest absolute Gasteiger partial charge is 0.203 e. The highest BCUT2D eigenvalue weighted by molar-refractivity contribution is 5.67. The van der Waals surface area contributed by atoms with Crippen molar-refractivity contribution in [3.05, 3.63) is 119 Å². The Balaban J connectivity index is 0.000000226. The molecule has 0 fully saturated rings. The molecule has 4 rings (SSSR count). The van der Waals surface area contributed by atoms with Gasteiger partial charge in [-0.25, -0.2) is 43.9 Å². The van der Waals surface area contributed by atoms with Crippen molar-refractivity contribution in [2.24, 2.45) is 0 Å². The molecule has 4 aromatic rings. The predicted molar refractivity (Wildman–Crippen MR) is 103 cm³/mol. The molecule has 4 aromatic carbocycles. The van der Waals surface area contributed by atoms with E-state index in [1.165, 1.54) is 11.1 Å². The Labute approximate surface area is 185 Å². The summed E-state index contributed by atoms with van der Waals surface area (Å²) in [6, 6.07) is 20.8. The summed E-state index contributed by atoms with van der Waals surface area (Å²) in [6.45, 7) is 0. The second-order valence-corrected chi connectivity index (χ2v) is 6.62. The molecule has 0 saturated carbocycles. The van der Waals surface area contributed by atoms with Gasteiger partial charge in [-0.2, -0.15) is 0 Å². The van der Waals surface area contributed by atoms with Gasteiger partial charge in [0.1, 0.15) is 0 Å². The van der Waals surface area contributed by atoms with E-state index >= 15 is 0 Å². The van der Waals surface area contributed by atoms with Gasteiger partial charge in [0, 0.05) is 0 Å². The summed E-state index contributed by atoms with van der Waals surface area (Å²) < 4.78 is 131. The second kappa shape index (κ2) is 9.98. The van der Waals surface area contributed by atoms with Crippen molar-refractivity contribution >= 4 is 0 Å². The Morgan fingerprint density at radius 2 is 0.471 bits per heavy atom. The van der Waals surface area contributed by atoms with Crippen LogP contribution in [0.2, 0.25) is 0 Å². The lowest BCUT2D eigenvalue weighted by molar-refractivity contribution is 0.370. The molecule has 176 valence electrons. The van der Waals surface area contributed by atoms with Gasteiger partial charge in [-0.05, 0) is 11.1 Å². The normalized spacial score (nSPS) is 10.6. The van der Waals surface area contributed by atoms with E-state index < -0.39 is 69.3 Å². The van der Waals surface area contributed by atoms with Gasteiger partial charge in [0.05, 0.1) is 11.1 Å². The van der Waals surface area contributed by atoms with Gasteiger partial charge in [0.15, 0.2) is 46.5 Å². The van der Waals surface area contributed by atoms with Gasteiger partial charge in [0.2, 0.25) is 11.6 Å². The molecule has 0 heterocycles. The summed E-state index contributed by atoms with van der Waals surface area (Å²) in [5, 5.41) is 0. The van der Waals surface area contributed by atoms with Gasteiger partial charge >= 0.3 is 0 Å². The molecule has 0 radical (unpaired) electrons. The molecule has 0 amide bonds. The number of rotatable bonds is 2. The Kier molecular flexibility index (Phi) is 7.29. The van der Waals surface area contributed by atoms with Crippen LogP contribution in [0.4, 0.5) is 43.9 Å². The summed E-state index contributed by atoms with van der Waals surface area (Å²) in [6.07, 6.45) is 0. The van der Waals surface area contributed by atoms with Crippen LogP contribution in [0.3, 0.4) is 0 Å². The van der Waals surface area contributed by atoms with Crippen molar-refractivity contribution in [1.82, 2.24) is 0 Å². The van der Waals surface area contributed by atoms with Crippen molar-refractivity contribution in [3.63, 3.8) is 0 Å². The van der Waals surface area contributed by atoms with Gasteiger partial charge in [0.25, 0.3) is 0 Å². The van der Waals surface area contributed by atoms with E-state index in [1.807, 2.05) is 12.1 Å². The molecule has 0 atom stereocenters. The van der Waals surface area contributed by atoms with Gasteiger partial charge in [-0.15, -0.1) is 0 Å². The van der Waals surface area contributed by atoms with Gasteiger partial charge in [-0.1, -0.05) is 60.7 Å². The SMILES string of the molecule is Fc1c(F)c(F)c(-c2c(F)c(F)c(F)c(F)c2F)c(F)c1F.c1ccc(-c2ccccc2)cc1. The highest BCUT2D eigenvalue weighted by Gasteiger charge is 2.34. The standard InChI is InChI=1S/C12F10.C12H10/c13-3-1(4(14)8(18)11(21)7(3)17)2-5(15)9(19)12(22)10(20)6(2)16;1-3-7-11(8-4-1)12-9-5-2-6-10-12/h;1-10H. The van der Waals surface area contributed by atoms with Crippen molar-refractivity contribution in [2.45, 2.75) is 0 Å². The third-order valence-electron chi connectivity index (χ3n) is 4.55. The van der Waals surface area contributed by atoms with E-state index in [1.54, 1.807) is 0 Å². The lowest BCUT2D eigenvalue weighted by Gasteiger charge is -2.11. The van der Waals surface area contributed by atoms with Crippen molar-refractivity contribution in [1.29, 1.82) is 0 Å². The van der Waals surface area contributed by atoms with Crippen molar-refractivity contribution < 1.29 is 43.9 Å².